The third-order valence-electron chi connectivity index (χ3n) is 5.43. The van der Waals surface area contributed by atoms with E-state index in [1.54, 1.807) is 10.9 Å². The van der Waals surface area contributed by atoms with Gasteiger partial charge in [-0.3, -0.25) is 9.69 Å². The summed E-state index contributed by atoms with van der Waals surface area (Å²) in [7, 11) is 0. The Kier molecular flexibility index (Phi) is 6.44. The maximum atomic E-state index is 12.9. The quantitative estimate of drug-likeness (QED) is 0.644. The van der Waals surface area contributed by atoms with Crippen LogP contribution < -0.4 is 10.1 Å². The smallest absolute Gasteiger partial charge is 0.228 e. The molecule has 0 radical (unpaired) electrons. The third kappa shape index (κ3) is 4.89. The van der Waals surface area contributed by atoms with Crippen molar-refractivity contribution in [1.29, 1.82) is 0 Å². The minimum absolute atomic E-state index is 0.0219. The fourth-order valence-corrected chi connectivity index (χ4v) is 3.98. The van der Waals surface area contributed by atoms with Crippen LogP contribution in [0, 0.1) is 5.92 Å². The van der Waals surface area contributed by atoms with Crippen LogP contribution in [-0.2, 0) is 11.3 Å². The Morgan fingerprint density at radius 3 is 2.93 bits per heavy atom. The van der Waals surface area contributed by atoms with E-state index >= 15 is 0 Å². The summed E-state index contributed by atoms with van der Waals surface area (Å²) in [5.74, 6) is 0.990. The zero-order valence-corrected chi connectivity index (χ0v) is 17.3. The van der Waals surface area contributed by atoms with Crippen molar-refractivity contribution >= 4 is 11.6 Å². The molecular formula is C24H28N4O2. The molecule has 0 saturated carbocycles. The molecular weight excluding hydrogens is 376 g/mol. The molecule has 156 valence electrons. The fourth-order valence-electron chi connectivity index (χ4n) is 3.98. The van der Waals surface area contributed by atoms with Crippen LogP contribution in [0.2, 0.25) is 0 Å². The van der Waals surface area contributed by atoms with E-state index in [4.69, 9.17) is 4.74 Å². The van der Waals surface area contributed by atoms with Gasteiger partial charge in [0.05, 0.1) is 18.2 Å². The van der Waals surface area contributed by atoms with Gasteiger partial charge >= 0.3 is 0 Å². The fraction of sp³-hybridized carbons (Fsp3) is 0.333. The highest BCUT2D eigenvalue weighted by Gasteiger charge is 2.26. The number of amides is 1. The molecule has 6 nitrogen and oxygen atoms in total. The van der Waals surface area contributed by atoms with Crippen molar-refractivity contribution in [1.82, 2.24) is 14.7 Å². The summed E-state index contributed by atoms with van der Waals surface area (Å²) in [4.78, 5) is 15.3. The Morgan fingerprint density at radius 2 is 2.10 bits per heavy atom. The number of rotatable bonds is 7. The van der Waals surface area contributed by atoms with Crippen LogP contribution in [0.1, 0.15) is 25.3 Å². The van der Waals surface area contributed by atoms with Gasteiger partial charge in [-0.2, -0.15) is 5.10 Å². The van der Waals surface area contributed by atoms with Gasteiger partial charge in [-0.05, 0) is 56.6 Å². The number of likely N-dealkylation sites (tertiary alicyclic amines) is 1. The molecule has 4 rings (SSSR count). The van der Waals surface area contributed by atoms with Gasteiger partial charge in [-0.25, -0.2) is 4.68 Å². The van der Waals surface area contributed by atoms with E-state index in [-0.39, 0.29) is 11.8 Å². The third-order valence-corrected chi connectivity index (χ3v) is 5.43. The lowest BCUT2D eigenvalue weighted by atomic mass is 9.96. The maximum Gasteiger partial charge on any atom is 0.228 e. The Hall–Kier alpha value is -3.12. The van der Waals surface area contributed by atoms with Gasteiger partial charge in [-0.1, -0.05) is 24.3 Å². The first-order valence-electron chi connectivity index (χ1n) is 10.6. The van der Waals surface area contributed by atoms with Gasteiger partial charge in [0.25, 0.3) is 0 Å². The topological polar surface area (TPSA) is 59.4 Å². The molecule has 0 spiro atoms. The number of benzene rings is 2. The molecule has 1 aliphatic rings. The Balaban J connectivity index is 1.39. The highest BCUT2D eigenvalue weighted by molar-refractivity contribution is 5.93. The summed E-state index contributed by atoms with van der Waals surface area (Å²) in [6, 6.07) is 17.8. The van der Waals surface area contributed by atoms with Gasteiger partial charge < -0.3 is 10.1 Å². The normalized spacial score (nSPS) is 16.9. The predicted octanol–water partition coefficient (Wildman–Crippen LogP) is 4.12. The molecule has 0 unspecified atom stereocenters. The minimum atomic E-state index is -0.0219. The van der Waals surface area contributed by atoms with E-state index in [1.165, 1.54) is 5.56 Å². The maximum absolute atomic E-state index is 12.9. The van der Waals surface area contributed by atoms with E-state index in [0.29, 0.717) is 6.61 Å². The van der Waals surface area contributed by atoms with E-state index in [0.717, 1.165) is 49.6 Å². The lowest BCUT2D eigenvalue weighted by Gasteiger charge is -2.32. The average Bonchev–Trinajstić information content (AvgIpc) is 3.31. The molecule has 1 saturated heterocycles. The number of carbonyl (C=O) groups is 1. The molecule has 1 aliphatic heterocycles. The number of nitrogens with zero attached hydrogens (tertiary/aromatic N) is 3. The molecule has 30 heavy (non-hydrogen) atoms. The van der Waals surface area contributed by atoms with E-state index < -0.39 is 0 Å². The van der Waals surface area contributed by atoms with Crippen molar-refractivity contribution in [2.45, 2.75) is 26.3 Å². The van der Waals surface area contributed by atoms with Crippen LogP contribution in [0.5, 0.6) is 5.75 Å². The number of anilines is 1. The van der Waals surface area contributed by atoms with Gasteiger partial charge in [0.1, 0.15) is 5.75 Å². The van der Waals surface area contributed by atoms with Crippen LogP contribution in [0.15, 0.2) is 67.0 Å². The summed E-state index contributed by atoms with van der Waals surface area (Å²) in [5.41, 5.74) is 2.90. The highest BCUT2D eigenvalue weighted by atomic mass is 16.5. The second kappa shape index (κ2) is 9.59. The number of ether oxygens (including phenoxy) is 1. The monoisotopic (exact) mass is 404 g/mol. The number of carbonyl (C=O) groups excluding carboxylic acids is 1. The van der Waals surface area contributed by atoms with Crippen molar-refractivity contribution < 1.29 is 9.53 Å². The molecule has 1 atom stereocenters. The van der Waals surface area contributed by atoms with Gasteiger partial charge in [0.15, 0.2) is 0 Å². The molecule has 0 aliphatic carbocycles. The van der Waals surface area contributed by atoms with Crippen molar-refractivity contribution in [3.63, 3.8) is 0 Å². The predicted molar refractivity (Wildman–Crippen MR) is 118 cm³/mol. The lowest BCUT2D eigenvalue weighted by Crippen LogP contribution is -2.40. The van der Waals surface area contributed by atoms with Crippen molar-refractivity contribution in [2.24, 2.45) is 5.92 Å². The van der Waals surface area contributed by atoms with Crippen LogP contribution in [-0.4, -0.2) is 40.3 Å². The summed E-state index contributed by atoms with van der Waals surface area (Å²) in [6.07, 6.45) is 5.56. The molecule has 3 aromatic rings. The zero-order chi connectivity index (χ0) is 20.8. The van der Waals surface area contributed by atoms with Crippen LogP contribution in [0.25, 0.3) is 5.69 Å². The molecule has 1 fully saturated rings. The van der Waals surface area contributed by atoms with Crippen molar-refractivity contribution in [3.8, 4) is 11.4 Å². The van der Waals surface area contributed by atoms with E-state index in [1.807, 2.05) is 61.7 Å². The second-order valence-electron chi connectivity index (χ2n) is 7.61. The van der Waals surface area contributed by atoms with E-state index in [2.05, 4.69) is 21.4 Å². The highest BCUT2D eigenvalue weighted by Crippen LogP contribution is 2.25. The van der Waals surface area contributed by atoms with Gasteiger partial charge in [0, 0.05) is 36.7 Å². The molecule has 1 amide bonds. The summed E-state index contributed by atoms with van der Waals surface area (Å²) < 4.78 is 7.55. The molecule has 6 heteroatoms. The Labute approximate surface area is 177 Å². The average molecular weight is 405 g/mol. The van der Waals surface area contributed by atoms with Crippen LogP contribution >= 0.6 is 0 Å². The SMILES string of the molecule is CCOc1ccccc1CN1CCC[C@@H](C(=O)Nc2cccc(-n3cccn3)c2)C1. The minimum Gasteiger partial charge on any atom is -0.494 e. The molecule has 1 N–H and O–H groups in total. The first-order chi connectivity index (χ1) is 14.7. The number of hydrogen-bond acceptors (Lipinski definition) is 4. The number of hydrogen-bond donors (Lipinski definition) is 1. The molecule has 2 heterocycles. The van der Waals surface area contributed by atoms with Crippen LogP contribution in [0.4, 0.5) is 5.69 Å². The van der Waals surface area contributed by atoms with E-state index in [9.17, 15) is 4.79 Å². The Bertz CT molecular complexity index is 971. The molecule has 0 bridgehead atoms. The number of para-hydroxylation sites is 1. The molecule has 2 aromatic carbocycles. The second-order valence-corrected chi connectivity index (χ2v) is 7.61. The summed E-state index contributed by atoms with van der Waals surface area (Å²) >= 11 is 0. The van der Waals surface area contributed by atoms with Gasteiger partial charge in [-0.15, -0.1) is 0 Å². The Morgan fingerprint density at radius 1 is 1.20 bits per heavy atom. The van der Waals surface area contributed by atoms with Crippen molar-refractivity contribution in [3.05, 3.63) is 72.6 Å². The summed E-state index contributed by atoms with van der Waals surface area (Å²) in [5, 5.41) is 7.35. The van der Waals surface area contributed by atoms with Gasteiger partial charge in [0.2, 0.25) is 5.91 Å². The van der Waals surface area contributed by atoms with Crippen molar-refractivity contribution in [2.75, 3.05) is 25.0 Å². The number of aromatic nitrogens is 2. The largest absolute Gasteiger partial charge is 0.494 e. The number of piperidine rings is 1. The van der Waals surface area contributed by atoms with Crippen LogP contribution in [0.3, 0.4) is 0 Å². The lowest BCUT2D eigenvalue weighted by molar-refractivity contribution is -0.121. The zero-order valence-electron chi connectivity index (χ0n) is 17.3. The summed E-state index contributed by atoms with van der Waals surface area (Å²) in [6.45, 7) is 5.21. The molecule has 1 aromatic heterocycles. The first kappa shape index (κ1) is 20.2. The standard InChI is InChI=1S/C24H28N4O2/c1-2-30-23-12-4-3-8-19(23)17-27-14-6-9-20(18-27)24(29)26-21-10-5-11-22(16-21)28-15-7-13-25-28/h3-5,7-8,10-13,15-16,20H,2,6,9,14,17-18H2,1H3,(H,26,29)/t20-/m1/s1. The first-order valence-corrected chi connectivity index (χ1v) is 10.6. The number of nitrogens with one attached hydrogen (secondary N) is 1.